The lowest BCUT2D eigenvalue weighted by molar-refractivity contribution is -0.115. The van der Waals surface area contributed by atoms with Crippen LogP contribution in [0.1, 0.15) is 18.4 Å². The van der Waals surface area contributed by atoms with Crippen molar-refractivity contribution >= 4 is 50.7 Å². The van der Waals surface area contributed by atoms with Crippen molar-refractivity contribution in [1.82, 2.24) is 24.8 Å². The number of thioether (sulfide) groups is 1. The summed E-state index contributed by atoms with van der Waals surface area (Å²) in [7, 11) is 1.59. The zero-order chi connectivity index (χ0) is 19.5. The number of rotatable bonds is 7. The molecule has 0 aliphatic carbocycles. The Balaban J connectivity index is 1.57. The van der Waals surface area contributed by atoms with Crippen LogP contribution in [0.15, 0.2) is 41.6 Å². The Morgan fingerprint density at radius 3 is 2.89 bits per heavy atom. The standard InChI is InChI=1S/C18H18N6O2S2/c1-3-13(16(25)19-17-22-21-15(28-17)10-26-2)27-18-23-20-14-9-8-11-6-4-5-7-12(11)24(14)18/h4-9,13H,3,10H2,1-2H3,(H,19,22,25). The average Bonchev–Trinajstić information content (AvgIpc) is 3.33. The molecule has 1 amide bonds. The minimum absolute atomic E-state index is 0.135. The average molecular weight is 415 g/mol. The lowest BCUT2D eigenvalue weighted by Gasteiger charge is -2.12. The summed E-state index contributed by atoms with van der Waals surface area (Å²) in [6.07, 6.45) is 0.639. The van der Waals surface area contributed by atoms with E-state index in [1.54, 1.807) is 7.11 Å². The van der Waals surface area contributed by atoms with Gasteiger partial charge in [-0.1, -0.05) is 48.2 Å². The van der Waals surface area contributed by atoms with Crippen molar-refractivity contribution in [3.05, 3.63) is 41.4 Å². The number of carbonyl (C=O) groups is 1. The van der Waals surface area contributed by atoms with Crippen molar-refractivity contribution in [2.24, 2.45) is 0 Å². The molecule has 0 radical (unpaired) electrons. The van der Waals surface area contributed by atoms with Crippen LogP contribution in [0.3, 0.4) is 0 Å². The van der Waals surface area contributed by atoms with Crippen molar-refractivity contribution in [2.45, 2.75) is 30.4 Å². The third-order valence-electron chi connectivity index (χ3n) is 4.12. The number of methoxy groups -OCH3 is 1. The van der Waals surface area contributed by atoms with Crippen molar-refractivity contribution in [3.63, 3.8) is 0 Å². The van der Waals surface area contributed by atoms with Gasteiger partial charge in [0.25, 0.3) is 0 Å². The maximum Gasteiger partial charge on any atom is 0.239 e. The Hall–Kier alpha value is -2.56. The van der Waals surface area contributed by atoms with E-state index in [0.29, 0.717) is 28.3 Å². The number of para-hydroxylation sites is 1. The third kappa shape index (κ3) is 3.71. The highest BCUT2D eigenvalue weighted by atomic mass is 32.2. The van der Waals surface area contributed by atoms with Crippen LogP contribution in [0.25, 0.3) is 16.6 Å². The molecule has 0 saturated heterocycles. The summed E-state index contributed by atoms with van der Waals surface area (Å²) in [5.41, 5.74) is 1.76. The number of carbonyl (C=O) groups excluding carboxylic acids is 1. The number of nitrogens with zero attached hydrogens (tertiary/aromatic N) is 5. The van der Waals surface area contributed by atoms with E-state index in [1.165, 1.54) is 23.1 Å². The normalized spacial score (nSPS) is 12.5. The summed E-state index contributed by atoms with van der Waals surface area (Å²) in [6.45, 7) is 2.34. The summed E-state index contributed by atoms with van der Waals surface area (Å²) in [4.78, 5) is 12.8. The highest BCUT2D eigenvalue weighted by molar-refractivity contribution is 8.00. The first-order chi connectivity index (χ1) is 13.7. The Morgan fingerprint density at radius 2 is 2.07 bits per heavy atom. The molecular weight excluding hydrogens is 396 g/mol. The van der Waals surface area contributed by atoms with Gasteiger partial charge in [0.15, 0.2) is 10.8 Å². The van der Waals surface area contributed by atoms with Gasteiger partial charge in [-0.25, -0.2) is 0 Å². The van der Waals surface area contributed by atoms with E-state index in [9.17, 15) is 4.79 Å². The third-order valence-corrected chi connectivity index (χ3v) is 6.24. The molecule has 8 nitrogen and oxygen atoms in total. The number of anilines is 1. The Kier molecular flexibility index (Phi) is 5.51. The zero-order valence-electron chi connectivity index (χ0n) is 15.3. The molecule has 28 heavy (non-hydrogen) atoms. The summed E-state index contributed by atoms with van der Waals surface area (Å²) in [6, 6.07) is 12.0. The molecule has 1 N–H and O–H groups in total. The first kappa shape index (κ1) is 18.8. The van der Waals surface area contributed by atoms with Gasteiger partial charge >= 0.3 is 0 Å². The molecule has 4 aromatic rings. The van der Waals surface area contributed by atoms with Gasteiger partial charge < -0.3 is 4.74 Å². The Bertz CT molecular complexity index is 1130. The van der Waals surface area contributed by atoms with Gasteiger partial charge in [-0.3, -0.25) is 14.5 Å². The van der Waals surface area contributed by atoms with Crippen LogP contribution in [-0.4, -0.2) is 43.1 Å². The molecule has 3 heterocycles. The molecule has 1 atom stereocenters. The number of nitrogens with one attached hydrogen (secondary N) is 1. The number of aromatic nitrogens is 5. The molecule has 0 spiro atoms. The fraction of sp³-hybridized carbons (Fsp3) is 0.278. The summed E-state index contributed by atoms with van der Waals surface area (Å²) >= 11 is 2.70. The molecule has 0 saturated carbocycles. The van der Waals surface area contributed by atoms with Crippen LogP contribution in [0.2, 0.25) is 0 Å². The second kappa shape index (κ2) is 8.21. The van der Waals surface area contributed by atoms with Gasteiger partial charge in [0, 0.05) is 7.11 Å². The smallest absolute Gasteiger partial charge is 0.239 e. The lowest BCUT2D eigenvalue weighted by Crippen LogP contribution is -2.24. The van der Waals surface area contributed by atoms with Crippen LogP contribution in [0.5, 0.6) is 0 Å². The number of fused-ring (bicyclic) bond motifs is 3. The largest absolute Gasteiger partial charge is 0.377 e. The molecule has 0 bridgehead atoms. The van der Waals surface area contributed by atoms with E-state index >= 15 is 0 Å². The first-order valence-corrected chi connectivity index (χ1v) is 10.4. The Labute approximate surface area is 169 Å². The van der Waals surface area contributed by atoms with Crippen LogP contribution < -0.4 is 5.32 Å². The van der Waals surface area contributed by atoms with Crippen molar-refractivity contribution in [1.29, 1.82) is 0 Å². The van der Waals surface area contributed by atoms with Crippen molar-refractivity contribution in [3.8, 4) is 0 Å². The molecule has 10 heteroatoms. The van der Waals surface area contributed by atoms with E-state index in [2.05, 4.69) is 25.7 Å². The van der Waals surface area contributed by atoms with E-state index in [1.807, 2.05) is 47.7 Å². The van der Waals surface area contributed by atoms with E-state index in [4.69, 9.17) is 4.74 Å². The predicted octanol–water partition coefficient (Wildman–Crippen LogP) is 3.39. The quantitative estimate of drug-likeness (QED) is 0.463. The number of hydrogen-bond acceptors (Lipinski definition) is 8. The fourth-order valence-corrected chi connectivity index (χ4v) is 4.50. The molecule has 144 valence electrons. The number of benzene rings is 1. The summed E-state index contributed by atoms with van der Waals surface area (Å²) in [5.74, 6) is -0.135. The monoisotopic (exact) mass is 414 g/mol. The highest BCUT2D eigenvalue weighted by Crippen LogP contribution is 2.28. The van der Waals surface area contributed by atoms with Crippen molar-refractivity contribution in [2.75, 3.05) is 12.4 Å². The van der Waals surface area contributed by atoms with E-state index < -0.39 is 0 Å². The van der Waals surface area contributed by atoms with Crippen LogP contribution >= 0.6 is 23.1 Å². The van der Waals surface area contributed by atoms with Crippen LogP contribution in [-0.2, 0) is 16.1 Å². The number of hydrogen-bond donors (Lipinski definition) is 1. The van der Waals surface area contributed by atoms with Crippen LogP contribution in [0, 0.1) is 0 Å². The molecular formula is C18H18N6O2S2. The highest BCUT2D eigenvalue weighted by Gasteiger charge is 2.22. The number of amides is 1. The topological polar surface area (TPSA) is 94.3 Å². The molecule has 0 aliphatic rings. The zero-order valence-corrected chi connectivity index (χ0v) is 17.0. The SMILES string of the molecule is CCC(Sc1nnc2ccc3ccccc3n12)C(=O)Nc1nnc(COC)s1. The van der Waals surface area contributed by atoms with E-state index in [0.717, 1.165) is 16.6 Å². The van der Waals surface area contributed by atoms with E-state index in [-0.39, 0.29) is 11.2 Å². The molecule has 1 unspecified atom stereocenters. The van der Waals surface area contributed by atoms with Gasteiger partial charge in [0.1, 0.15) is 11.6 Å². The molecule has 3 aromatic heterocycles. The Morgan fingerprint density at radius 1 is 1.21 bits per heavy atom. The first-order valence-electron chi connectivity index (χ1n) is 8.71. The van der Waals surface area contributed by atoms with Gasteiger partial charge in [0.2, 0.25) is 11.0 Å². The summed E-state index contributed by atoms with van der Waals surface area (Å²) < 4.78 is 7.02. The number of pyridine rings is 1. The minimum Gasteiger partial charge on any atom is -0.377 e. The van der Waals surface area contributed by atoms with Gasteiger partial charge in [0.05, 0.1) is 10.8 Å². The second-order valence-corrected chi connectivity index (χ2v) is 8.24. The minimum atomic E-state index is -0.332. The molecule has 1 aromatic carbocycles. The maximum atomic E-state index is 12.8. The van der Waals surface area contributed by atoms with Gasteiger partial charge in [-0.2, -0.15) is 0 Å². The molecule has 0 aliphatic heterocycles. The van der Waals surface area contributed by atoms with Crippen LogP contribution in [0.4, 0.5) is 5.13 Å². The maximum absolute atomic E-state index is 12.8. The fourth-order valence-electron chi connectivity index (χ4n) is 2.81. The predicted molar refractivity (Wildman–Crippen MR) is 110 cm³/mol. The van der Waals surface area contributed by atoms with Gasteiger partial charge in [-0.15, -0.1) is 20.4 Å². The van der Waals surface area contributed by atoms with Gasteiger partial charge in [-0.05, 0) is 30.0 Å². The molecule has 0 fully saturated rings. The molecule has 4 rings (SSSR count). The van der Waals surface area contributed by atoms with Crippen molar-refractivity contribution < 1.29 is 9.53 Å². The number of ether oxygens (including phenoxy) is 1. The second-order valence-electron chi connectivity index (χ2n) is 6.01. The summed E-state index contributed by atoms with van der Waals surface area (Å²) in [5, 5.41) is 22.0. The lowest BCUT2D eigenvalue weighted by atomic mass is 10.2.